The lowest BCUT2D eigenvalue weighted by Gasteiger charge is -2.15. The highest BCUT2D eigenvalue weighted by atomic mass is 16.2. The van der Waals surface area contributed by atoms with Crippen LogP contribution in [0.25, 0.3) is 11.3 Å². The number of carbonyl (C=O) groups excluding carboxylic acids is 3. The normalized spacial score (nSPS) is 13.2. The van der Waals surface area contributed by atoms with E-state index in [-0.39, 0.29) is 17.7 Å². The molecule has 2 aromatic carbocycles. The molecule has 2 aromatic heterocycles. The molecule has 0 atom stereocenters. The number of carbonyl (C=O) groups is 3. The third-order valence-electron chi connectivity index (χ3n) is 6.35. The van der Waals surface area contributed by atoms with Crippen LogP contribution in [0.2, 0.25) is 0 Å². The predicted molar refractivity (Wildman–Crippen MR) is 145 cm³/mol. The van der Waals surface area contributed by atoms with E-state index in [1.165, 1.54) is 0 Å². The molecule has 0 saturated heterocycles. The number of nitrogens with zero attached hydrogens (tertiary/aromatic N) is 4. The van der Waals surface area contributed by atoms with Crippen LogP contribution in [0.4, 0.5) is 23.0 Å². The van der Waals surface area contributed by atoms with E-state index in [1.807, 2.05) is 31.2 Å². The van der Waals surface area contributed by atoms with Gasteiger partial charge < -0.3 is 10.6 Å². The number of hydrogen-bond acceptors (Lipinski definition) is 7. The Kier molecular flexibility index (Phi) is 6.49. The summed E-state index contributed by atoms with van der Waals surface area (Å²) in [6.07, 6.45) is 5.11. The molecule has 9 heteroatoms. The van der Waals surface area contributed by atoms with Crippen LogP contribution in [0, 0.1) is 6.92 Å². The van der Waals surface area contributed by atoms with Gasteiger partial charge in [-0.05, 0) is 80.9 Å². The van der Waals surface area contributed by atoms with Gasteiger partial charge in [-0.25, -0.2) is 14.9 Å². The minimum atomic E-state index is -0.348. The van der Waals surface area contributed by atoms with Crippen LogP contribution >= 0.6 is 0 Å². The number of nitrogens with one attached hydrogen (secondary N) is 2. The second-order valence-electron chi connectivity index (χ2n) is 8.86. The first-order valence-corrected chi connectivity index (χ1v) is 11.9. The van der Waals surface area contributed by atoms with Crippen LogP contribution in [0.3, 0.4) is 0 Å². The summed E-state index contributed by atoms with van der Waals surface area (Å²) in [7, 11) is 0. The van der Waals surface area contributed by atoms with Gasteiger partial charge in [-0.15, -0.1) is 0 Å². The summed E-state index contributed by atoms with van der Waals surface area (Å²) < 4.78 is 0. The van der Waals surface area contributed by atoms with E-state index in [4.69, 9.17) is 0 Å². The second kappa shape index (κ2) is 10.1. The quantitative estimate of drug-likeness (QED) is 0.353. The van der Waals surface area contributed by atoms with Crippen LogP contribution in [0.15, 0.2) is 90.4 Å². The number of benzene rings is 2. The molecule has 9 nitrogen and oxygen atoms in total. The summed E-state index contributed by atoms with van der Waals surface area (Å²) in [5, 5.41) is 6.11. The number of amides is 3. The van der Waals surface area contributed by atoms with Crippen molar-refractivity contribution in [2.75, 3.05) is 15.5 Å². The topological polar surface area (TPSA) is 117 Å². The molecular weight excluding hydrogens is 480 g/mol. The lowest BCUT2D eigenvalue weighted by Crippen LogP contribution is -2.31. The van der Waals surface area contributed by atoms with Crippen LogP contribution in [-0.2, 0) is 9.59 Å². The van der Waals surface area contributed by atoms with Gasteiger partial charge >= 0.3 is 0 Å². The van der Waals surface area contributed by atoms with Crippen molar-refractivity contribution >= 4 is 40.7 Å². The highest BCUT2D eigenvalue weighted by Crippen LogP contribution is 2.28. The summed E-state index contributed by atoms with van der Waals surface area (Å²) in [5.41, 5.74) is 5.54. The summed E-state index contributed by atoms with van der Waals surface area (Å²) >= 11 is 0. The molecule has 38 heavy (non-hydrogen) atoms. The number of rotatable bonds is 6. The maximum atomic E-state index is 12.9. The van der Waals surface area contributed by atoms with Gasteiger partial charge in [-0.3, -0.25) is 19.4 Å². The van der Waals surface area contributed by atoms with Crippen molar-refractivity contribution in [2.24, 2.45) is 0 Å². The summed E-state index contributed by atoms with van der Waals surface area (Å²) in [6.45, 7) is 5.20. The molecule has 0 spiro atoms. The molecule has 1 aliphatic rings. The Morgan fingerprint density at radius 3 is 2.29 bits per heavy atom. The number of imide groups is 1. The highest BCUT2D eigenvalue weighted by Gasteiger charge is 2.34. The molecule has 0 aliphatic carbocycles. The first kappa shape index (κ1) is 24.5. The fraction of sp³-hybridized carbons (Fsp3) is 0.103. The summed E-state index contributed by atoms with van der Waals surface area (Å²) in [4.78, 5) is 51.9. The zero-order valence-electron chi connectivity index (χ0n) is 21.0. The van der Waals surface area contributed by atoms with E-state index in [9.17, 15) is 14.4 Å². The van der Waals surface area contributed by atoms with Crippen LogP contribution in [-0.4, -0.2) is 32.7 Å². The van der Waals surface area contributed by atoms with Crippen molar-refractivity contribution in [1.29, 1.82) is 0 Å². The molecule has 2 N–H and O–H groups in total. The minimum absolute atomic E-state index is 0.328. The molecule has 5 rings (SSSR count). The molecule has 0 saturated carbocycles. The zero-order valence-corrected chi connectivity index (χ0v) is 21.0. The molecule has 0 radical (unpaired) electrons. The Morgan fingerprint density at radius 2 is 1.61 bits per heavy atom. The van der Waals surface area contributed by atoms with Crippen LogP contribution in [0.5, 0.6) is 0 Å². The molecule has 1 aliphatic heterocycles. The maximum Gasteiger partial charge on any atom is 0.261 e. The predicted octanol–water partition coefficient (Wildman–Crippen LogP) is 5.05. The number of anilines is 4. The SMILES string of the molecule is CC1=C(C)C(=O)N(c2ccc(C(=O)Nc3ccc(C)c(Nc4nccc(-c5cccnc5)n4)c3)cc2)C1=O. The number of aryl methyl sites for hydroxylation is 1. The van der Waals surface area contributed by atoms with Gasteiger partial charge in [0.15, 0.2) is 0 Å². The van der Waals surface area contributed by atoms with Crippen LogP contribution < -0.4 is 15.5 Å². The van der Waals surface area contributed by atoms with Crippen molar-refractivity contribution < 1.29 is 14.4 Å². The van der Waals surface area contributed by atoms with Gasteiger partial charge in [0.05, 0.1) is 11.4 Å². The van der Waals surface area contributed by atoms with E-state index in [2.05, 4.69) is 25.6 Å². The lowest BCUT2D eigenvalue weighted by molar-refractivity contribution is -0.120. The van der Waals surface area contributed by atoms with E-state index in [0.717, 1.165) is 27.4 Å². The third-order valence-corrected chi connectivity index (χ3v) is 6.35. The molecular formula is C29H24N6O3. The number of pyridine rings is 1. The van der Waals surface area contributed by atoms with Crippen molar-refractivity contribution in [3.63, 3.8) is 0 Å². The Morgan fingerprint density at radius 1 is 0.868 bits per heavy atom. The average molecular weight is 505 g/mol. The minimum Gasteiger partial charge on any atom is -0.324 e. The highest BCUT2D eigenvalue weighted by molar-refractivity contribution is 6.32. The number of aromatic nitrogens is 3. The zero-order chi connectivity index (χ0) is 26.8. The summed E-state index contributed by atoms with van der Waals surface area (Å²) in [6, 6.07) is 17.4. The monoisotopic (exact) mass is 504 g/mol. The first-order valence-electron chi connectivity index (χ1n) is 11.9. The Hall–Kier alpha value is -5.18. The Balaban J connectivity index is 1.30. The van der Waals surface area contributed by atoms with Gasteiger partial charge in [0.2, 0.25) is 5.95 Å². The van der Waals surface area contributed by atoms with Crippen molar-refractivity contribution in [1.82, 2.24) is 15.0 Å². The standard InChI is InChI=1S/C29H24N6O3/c1-17-6-9-22(15-25(17)34-29-31-14-12-24(33-29)21-5-4-13-30-16-21)32-26(36)20-7-10-23(11-8-20)35-27(37)18(2)19(3)28(35)38/h4-16H,1-3H3,(H,32,36)(H,31,33,34). The van der Waals surface area contributed by atoms with Gasteiger partial charge in [-0.2, -0.15) is 0 Å². The van der Waals surface area contributed by atoms with E-state index >= 15 is 0 Å². The van der Waals surface area contributed by atoms with E-state index in [0.29, 0.717) is 34.0 Å². The summed E-state index contributed by atoms with van der Waals surface area (Å²) in [5.74, 6) is -0.607. The Labute approximate surface area is 219 Å². The third kappa shape index (κ3) is 4.77. The first-order chi connectivity index (χ1) is 18.3. The van der Waals surface area contributed by atoms with Gasteiger partial charge in [0.1, 0.15) is 0 Å². The lowest BCUT2D eigenvalue weighted by atomic mass is 10.1. The molecule has 3 amide bonds. The Bertz CT molecular complexity index is 1570. The van der Waals surface area contributed by atoms with Gasteiger partial charge in [0, 0.05) is 52.2 Å². The van der Waals surface area contributed by atoms with Gasteiger partial charge in [-0.1, -0.05) is 6.07 Å². The van der Waals surface area contributed by atoms with E-state index < -0.39 is 0 Å². The molecule has 3 heterocycles. The fourth-order valence-corrected chi connectivity index (χ4v) is 4.00. The molecule has 0 unspecified atom stereocenters. The molecule has 188 valence electrons. The van der Waals surface area contributed by atoms with Crippen molar-refractivity contribution in [3.8, 4) is 11.3 Å². The molecule has 0 fully saturated rings. The van der Waals surface area contributed by atoms with Crippen molar-refractivity contribution in [2.45, 2.75) is 20.8 Å². The molecule has 0 bridgehead atoms. The van der Waals surface area contributed by atoms with Crippen molar-refractivity contribution in [3.05, 3.63) is 102 Å². The fourth-order valence-electron chi connectivity index (χ4n) is 4.00. The number of hydrogen-bond donors (Lipinski definition) is 2. The molecule has 4 aromatic rings. The van der Waals surface area contributed by atoms with Gasteiger partial charge in [0.25, 0.3) is 17.7 Å². The largest absolute Gasteiger partial charge is 0.324 e. The maximum absolute atomic E-state index is 12.9. The van der Waals surface area contributed by atoms with E-state index in [1.54, 1.807) is 68.8 Å². The smallest absolute Gasteiger partial charge is 0.261 e. The second-order valence-corrected chi connectivity index (χ2v) is 8.86. The average Bonchev–Trinajstić information content (AvgIpc) is 3.13. The van der Waals surface area contributed by atoms with Crippen LogP contribution in [0.1, 0.15) is 29.8 Å².